The molecule has 2 heteroatoms. The summed E-state index contributed by atoms with van der Waals surface area (Å²) in [6, 6.07) is 0. The summed E-state index contributed by atoms with van der Waals surface area (Å²) in [5, 5.41) is 0. The molecule has 0 radical (unpaired) electrons. The van der Waals surface area contributed by atoms with Crippen LogP contribution in [-0.2, 0) is 4.79 Å². The van der Waals surface area contributed by atoms with Gasteiger partial charge in [0.2, 0.25) is 0 Å². The maximum absolute atomic E-state index is 10.7. The molecule has 0 heterocycles. The highest BCUT2D eigenvalue weighted by Gasteiger charge is 2.08. The van der Waals surface area contributed by atoms with E-state index in [0.717, 1.165) is 22.8 Å². The molecule has 0 aromatic heterocycles. The van der Waals surface area contributed by atoms with Gasteiger partial charge in [0.15, 0.2) is 5.78 Å². The van der Waals surface area contributed by atoms with Crippen molar-refractivity contribution in [3.05, 3.63) is 9.66 Å². The van der Waals surface area contributed by atoms with Crippen molar-refractivity contribution in [1.82, 2.24) is 0 Å². The predicted octanol–water partition coefficient (Wildman–Crippen LogP) is 2.06. The van der Waals surface area contributed by atoms with E-state index in [1.165, 1.54) is 0 Å². The molecule has 8 heavy (non-hydrogen) atoms. The Labute approximate surface area is 62.3 Å². The summed E-state index contributed by atoms with van der Waals surface area (Å²) in [6.45, 7) is 0. The van der Waals surface area contributed by atoms with Gasteiger partial charge in [-0.2, -0.15) is 0 Å². The number of carbonyl (C=O) groups is 1. The van der Waals surface area contributed by atoms with Crippen LogP contribution in [0.4, 0.5) is 0 Å². The number of hydrogen-bond acceptors (Lipinski definition) is 1. The van der Waals surface area contributed by atoms with Gasteiger partial charge in [0.1, 0.15) is 0 Å². The molecule has 0 amide bonds. The third kappa shape index (κ3) is 1.31. The average Bonchev–Trinajstić information content (AvgIpc) is 1.77. The molecule has 0 unspecified atom stereocenters. The number of Topliss-reactive ketones (excluding diaryl/α,β-unsaturated/α-hetero) is 1. The van der Waals surface area contributed by atoms with Crippen LogP contribution in [-0.4, -0.2) is 5.78 Å². The molecule has 0 aromatic rings. The molecule has 0 saturated heterocycles. The van der Waals surface area contributed by atoms with Gasteiger partial charge in [-0.3, -0.25) is 4.79 Å². The van der Waals surface area contributed by atoms with Crippen LogP contribution in [0.3, 0.4) is 0 Å². The van der Waals surface area contributed by atoms with Crippen molar-refractivity contribution in [1.29, 1.82) is 0 Å². The van der Waals surface area contributed by atoms with Gasteiger partial charge in [0.05, 0.1) is 3.58 Å². The van der Waals surface area contributed by atoms with E-state index in [-0.39, 0.29) is 0 Å². The van der Waals surface area contributed by atoms with Crippen molar-refractivity contribution in [3.63, 3.8) is 0 Å². The van der Waals surface area contributed by atoms with Crippen LogP contribution in [0.1, 0.15) is 19.3 Å². The lowest BCUT2D eigenvalue weighted by molar-refractivity contribution is -0.115. The average molecular weight is 222 g/mol. The Bertz CT molecular complexity index is 137. The van der Waals surface area contributed by atoms with Crippen LogP contribution in [0.5, 0.6) is 0 Å². The lowest BCUT2D eigenvalue weighted by Crippen LogP contribution is -2.00. The quantitative estimate of drug-likeness (QED) is 0.573. The fraction of sp³-hybridized carbons (Fsp3) is 0.500. The monoisotopic (exact) mass is 222 g/mol. The van der Waals surface area contributed by atoms with Gasteiger partial charge < -0.3 is 0 Å². The maximum Gasteiger partial charge on any atom is 0.168 e. The number of ketones is 1. The topological polar surface area (TPSA) is 17.1 Å². The first-order chi connectivity index (χ1) is 3.80. The van der Waals surface area contributed by atoms with Crippen molar-refractivity contribution in [3.8, 4) is 0 Å². The summed E-state index contributed by atoms with van der Waals surface area (Å²) in [5.74, 6) is 0.317. The van der Waals surface area contributed by atoms with Crippen LogP contribution in [0.25, 0.3) is 0 Å². The standard InChI is InChI=1S/C6H7IO/c7-5-3-1-2-4-6(5)8/h3H,1-2,4H2. The molecule has 0 saturated carbocycles. The number of halogens is 1. The number of hydrogen-bond donors (Lipinski definition) is 0. The third-order valence-electron chi connectivity index (χ3n) is 1.20. The first kappa shape index (κ1) is 6.26. The summed E-state index contributed by atoms with van der Waals surface area (Å²) >= 11 is 2.09. The molecule has 0 spiro atoms. The largest absolute Gasteiger partial charge is 0.294 e. The zero-order valence-electron chi connectivity index (χ0n) is 4.48. The number of allylic oxidation sites excluding steroid dienone is 2. The summed E-state index contributed by atoms with van der Waals surface area (Å²) < 4.78 is 0.925. The minimum absolute atomic E-state index is 0.317. The molecule has 0 N–H and O–H groups in total. The van der Waals surface area contributed by atoms with Crippen LogP contribution >= 0.6 is 22.6 Å². The van der Waals surface area contributed by atoms with E-state index in [9.17, 15) is 4.79 Å². The lowest BCUT2D eigenvalue weighted by Gasteiger charge is -2.03. The van der Waals surface area contributed by atoms with Crippen LogP contribution < -0.4 is 0 Å². The van der Waals surface area contributed by atoms with E-state index in [4.69, 9.17) is 0 Å². The van der Waals surface area contributed by atoms with Gasteiger partial charge in [-0.15, -0.1) is 0 Å². The van der Waals surface area contributed by atoms with Gasteiger partial charge in [0, 0.05) is 6.42 Å². The van der Waals surface area contributed by atoms with E-state index >= 15 is 0 Å². The molecule has 0 aromatic carbocycles. The maximum atomic E-state index is 10.7. The van der Waals surface area contributed by atoms with E-state index < -0.39 is 0 Å². The second-order valence-electron chi connectivity index (χ2n) is 1.87. The highest BCUT2D eigenvalue weighted by Crippen LogP contribution is 2.18. The summed E-state index contributed by atoms with van der Waals surface area (Å²) in [7, 11) is 0. The van der Waals surface area contributed by atoms with Crippen molar-refractivity contribution >= 4 is 28.4 Å². The van der Waals surface area contributed by atoms with Crippen molar-refractivity contribution in [2.24, 2.45) is 0 Å². The molecule has 0 atom stereocenters. The van der Waals surface area contributed by atoms with Crippen LogP contribution in [0.2, 0.25) is 0 Å². The fourth-order valence-electron chi connectivity index (χ4n) is 0.725. The Hall–Kier alpha value is 0.140. The Morgan fingerprint density at radius 2 is 2.38 bits per heavy atom. The van der Waals surface area contributed by atoms with Gasteiger partial charge in [-0.05, 0) is 35.4 Å². The first-order valence-electron chi connectivity index (χ1n) is 2.69. The van der Waals surface area contributed by atoms with E-state index in [1.54, 1.807) is 0 Å². The Morgan fingerprint density at radius 3 is 2.75 bits per heavy atom. The van der Waals surface area contributed by atoms with Crippen molar-refractivity contribution in [2.45, 2.75) is 19.3 Å². The summed E-state index contributed by atoms with van der Waals surface area (Å²) in [5.41, 5.74) is 0. The molecular weight excluding hydrogens is 215 g/mol. The van der Waals surface area contributed by atoms with Crippen molar-refractivity contribution < 1.29 is 4.79 Å². The molecule has 0 fully saturated rings. The van der Waals surface area contributed by atoms with E-state index in [2.05, 4.69) is 22.6 Å². The molecule has 1 rings (SSSR count). The zero-order chi connectivity index (χ0) is 5.98. The summed E-state index contributed by atoms with van der Waals surface area (Å²) in [6.07, 6.45) is 4.90. The van der Waals surface area contributed by atoms with E-state index in [1.807, 2.05) is 6.08 Å². The van der Waals surface area contributed by atoms with Gasteiger partial charge in [0.25, 0.3) is 0 Å². The first-order valence-corrected chi connectivity index (χ1v) is 3.77. The molecule has 0 aliphatic heterocycles. The van der Waals surface area contributed by atoms with Crippen molar-refractivity contribution in [2.75, 3.05) is 0 Å². The Balaban J connectivity index is 2.67. The second-order valence-corrected chi connectivity index (χ2v) is 3.03. The van der Waals surface area contributed by atoms with Gasteiger partial charge in [-0.1, -0.05) is 6.08 Å². The third-order valence-corrected chi connectivity index (χ3v) is 2.24. The SMILES string of the molecule is O=C1CCCC=C1I. The highest BCUT2D eigenvalue weighted by molar-refractivity contribution is 14.1. The number of carbonyl (C=O) groups excluding carboxylic acids is 1. The molecule has 44 valence electrons. The minimum Gasteiger partial charge on any atom is -0.294 e. The Kier molecular flexibility index (Phi) is 2.05. The molecule has 1 aliphatic carbocycles. The van der Waals surface area contributed by atoms with Crippen LogP contribution in [0, 0.1) is 0 Å². The molecular formula is C6H7IO. The summed E-state index contributed by atoms with van der Waals surface area (Å²) in [4.78, 5) is 10.7. The van der Waals surface area contributed by atoms with Crippen LogP contribution in [0.15, 0.2) is 9.66 Å². The smallest absolute Gasteiger partial charge is 0.168 e. The second kappa shape index (κ2) is 2.62. The van der Waals surface area contributed by atoms with E-state index in [0.29, 0.717) is 5.78 Å². The highest BCUT2D eigenvalue weighted by atomic mass is 127. The zero-order valence-corrected chi connectivity index (χ0v) is 6.64. The van der Waals surface area contributed by atoms with Gasteiger partial charge >= 0.3 is 0 Å². The molecule has 1 nitrogen and oxygen atoms in total. The lowest BCUT2D eigenvalue weighted by atomic mass is 10.1. The fourth-order valence-corrected chi connectivity index (χ4v) is 1.31. The predicted molar refractivity (Wildman–Crippen MR) is 41.0 cm³/mol. The normalized spacial score (nSPS) is 20.6. The minimum atomic E-state index is 0.317. The van der Waals surface area contributed by atoms with Gasteiger partial charge in [-0.25, -0.2) is 0 Å². The Morgan fingerprint density at radius 1 is 1.62 bits per heavy atom. The molecule has 0 bridgehead atoms. The molecule has 1 aliphatic rings. The number of rotatable bonds is 0.